The Hall–Kier alpha value is -2.97. The second-order valence-electron chi connectivity index (χ2n) is 7.27. The van der Waals surface area contributed by atoms with Gasteiger partial charge >= 0.3 is 0 Å². The van der Waals surface area contributed by atoms with E-state index in [9.17, 15) is 14.2 Å². The largest absolute Gasteiger partial charge is 0.446 e. The third-order valence-electron chi connectivity index (χ3n) is 5.36. The highest BCUT2D eigenvalue weighted by Crippen LogP contribution is 2.32. The summed E-state index contributed by atoms with van der Waals surface area (Å²) in [5.74, 6) is -0.00373. The van der Waals surface area contributed by atoms with E-state index in [4.69, 9.17) is 4.52 Å². The minimum Gasteiger partial charge on any atom is -0.446 e. The molecule has 3 aromatic rings. The fourth-order valence-corrected chi connectivity index (χ4v) is 4.32. The fraction of sp³-hybridized carbons (Fsp3) is 0.200. The molecule has 0 fully saturated rings. The normalized spacial score (nSPS) is 11.1. The smallest absolute Gasteiger partial charge is 0.225 e. The van der Waals surface area contributed by atoms with Gasteiger partial charge in [-0.3, -0.25) is 14.2 Å². The van der Waals surface area contributed by atoms with Crippen molar-refractivity contribution in [2.45, 2.75) is 34.1 Å². The molecule has 1 atom stereocenters. The second-order valence-corrected chi connectivity index (χ2v) is 7.70. The molecular weight excluding hydrogens is 395 g/mol. The summed E-state index contributed by atoms with van der Waals surface area (Å²) in [6, 6.07) is 16.3. The van der Waals surface area contributed by atoms with E-state index in [1.165, 1.54) is 0 Å². The zero-order chi connectivity index (χ0) is 21.8. The summed E-state index contributed by atoms with van der Waals surface area (Å²) in [5, 5.41) is 0. The van der Waals surface area contributed by atoms with Gasteiger partial charge in [-0.2, -0.15) is 0 Å². The monoisotopic (exact) mass is 420 g/mol. The maximum atomic E-state index is 13.7. The SMILES string of the molecule is CCc1cccc(O[PH2]=O)c1C(=O)c1c(C)cc(C)c(C(=O)c2ccccc2)c1C. The number of benzene rings is 3. The molecule has 3 aromatic carbocycles. The molecule has 0 aromatic heterocycles. The highest BCUT2D eigenvalue weighted by molar-refractivity contribution is 7.17. The van der Waals surface area contributed by atoms with E-state index in [2.05, 4.69) is 0 Å². The van der Waals surface area contributed by atoms with E-state index in [0.29, 0.717) is 40.0 Å². The first-order valence-electron chi connectivity index (χ1n) is 9.88. The number of carbonyl (C=O) groups is 2. The average Bonchev–Trinajstić information content (AvgIpc) is 2.73. The summed E-state index contributed by atoms with van der Waals surface area (Å²) < 4.78 is 16.5. The van der Waals surface area contributed by atoms with E-state index in [0.717, 1.165) is 16.7 Å². The molecule has 3 rings (SSSR count). The molecular formula is C25H25O4P. The van der Waals surface area contributed by atoms with Gasteiger partial charge in [-0.1, -0.05) is 55.5 Å². The topological polar surface area (TPSA) is 60.4 Å². The van der Waals surface area contributed by atoms with Gasteiger partial charge in [0.15, 0.2) is 11.6 Å². The van der Waals surface area contributed by atoms with Crippen LogP contribution in [0.3, 0.4) is 0 Å². The van der Waals surface area contributed by atoms with Crippen LogP contribution in [-0.2, 0) is 11.0 Å². The van der Waals surface area contributed by atoms with Crippen molar-refractivity contribution < 1.29 is 18.7 Å². The molecule has 0 heterocycles. The molecule has 4 nitrogen and oxygen atoms in total. The predicted octanol–water partition coefficient (Wildman–Crippen LogP) is 5.69. The van der Waals surface area contributed by atoms with Gasteiger partial charge in [0.1, 0.15) is 5.75 Å². The Morgan fingerprint density at radius 1 is 0.833 bits per heavy atom. The Morgan fingerprint density at radius 3 is 2.07 bits per heavy atom. The van der Waals surface area contributed by atoms with Crippen LogP contribution in [0.15, 0.2) is 54.6 Å². The first-order valence-corrected chi connectivity index (χ1v) is 10.8. The summed E-state index contributed by atoms with van der Waals surface area (Å²) >= 11 is 0. The average molecular weight is 420 g/mol. The summed E-state index contributed by atoms with van der Waals surface area (Å²) in [6.45, 7) is 7.54. The van der Waals surface area contributed by atoms with Crippen LogP contribution >= 0.6 is 8.69 Å². The van der Waals surface area contributed by atoms with Crippen LogP contribution < -0.4 is 4.52 Å². The molecule has 0 bridgehead atoms. The van der Waals surface area contributed by atoms with Crippen molar-refractivity contribution in [1.29, 1.82) is 0 Å². The van der Waals surface area contributed by atoms with Crippen molar-refractivity contribution in [3.05, 3.63) is 99.1 Å². The Labute approximate surface area is 178 Å². The zero-order valence-electron chi connectivity index (χ0n) is 17.6. The Morgan fingerprint density at radius 2 is 1.47 bits per heavy atom. The maximum absolute atomic E-state index is 13.7. The van der Waals surface area contributed by atoms with E-state index in [-0.39, 0.29) is 11.6 Å². The minimum atomic E-state index is -1.49. The highest BCUT2D eigenvalue weighted by Gasteiger charge is 2.26. The number of rotatable bonds is 7. The summed E-state index contributed by atoms with van der Waals surface area (Å²) in [7, 11) is -1.49. The third-order valence-corrected chi connectivity index (χ3v) is 5.71. The molecule has 154 valence electrons. The van der Waals surface area contributed by atoms with Crippen molar-refractivity contribution in [2.75, 3.05) is 0 Å². The molecule has 0 aliphatic carbocycles. The molecule has 0 spiro atoms. The van der Waals surface area contributed by atoms with Gasteiger partial charge in [0.2, 0.25) is 8.69 Å². The number of hydrogen-bond donors (Lipinski definition) is 0. The minimum absolute atomic E-state index is 0.107. The first kappa shape index (κ1) is 21.7. The van der Waals surface area contributed by atoms with Crippen LogP contribution in [0, 0.1) is 20.8 Å². The van der Waals surface area contributed by atoms with E-state index in [1.807, 2.05) is 58.0 Å². The van der Waals surface area contributed by atoms with Gasteiger partial charge in [-0.05, 0) is 55.5 Å². The molecule has 1 unspecified atom stereocenters. The molecule has 0 aliphatic heterocycles. The maximum Gasteiger partial charge on any atom is 0.225 e. The Bertz CT molecular complexity index is 1130. The van der Waals surface area contributed by atoms with Crippen LogP contribution in [-0.4, -0.2) is 11.6 Å². The lowest BCUT2D eigenvalue weighted by Crippen LogP contribution is -2.15. The summed E-state index contributed by atoms with van der Waals surface area (Å²) in [6.07, 6.45) is 0.631. The Balaban J connectivity index is 2.22. The standard InChI is InChI=1S/C25H25O4P/c1-5-18-12-9-13-20(29-30-28)23(18)25(27)22-16(3)14-15(2)21(17(22)4)24(26)19-10-7-6-8-11-19/h6-14H,5,30H2,1-4H3. The Kier molecular flexibility index (Phi) is 6.69. The molecule has 0 N–H and O–H groups in total. The summed E-state index contributed by atoms with van der Waals surface area (Å²) in [5.41, 5.74) is 5.13. The van der Waals surface area contributed by atoms with Gasteiger partial charge < -0.3 is 4.52 Å². The van der Waals surface area contributed by atoms with Gasteiger partial charge in [0.25, 0.3) is 0 Å². The van der Waals surface area contributed by atoms with Crippen LogP contribution in [0.5, 0.6) is 5.75 Å². The van der Waals surface area contributed by atoms with Crippen LogP contribution in [0.25, 0.3) is 0 Å². The van der Waals surface area contributed by atoms with E-state index in [1.54, 1.807) is 24.3 Å². The van der Waals surface area contributed by atoms with Crippen molar-refractivity contribution >= 4 is 20.3 Å². The van der Waals surface area contributed by atoms with Crippen molar-refractivity contribution in [1.82, 2.24) is 0 Å². The van der Waals surface area contributed by atoms with Crippen molar-refractivity contribution in [2.24, 2.45) is 0 Å². The lowest BCUT2D eigenvalue weighted by Gasteiger charge is -2.18. The lowest BCUT2D eigenvalue weighted by atomic mass is 9.85. The van der Waals surface area contributed by atoms with Crippen LogP contribution in [0.1, 0.15) is 61.0 Å². The van der Waals surface area contributed by atoms with E-state index >= 15 is 0 Å². The molecule has 0 saturated carbocycles. The van der Waals surface area contributed by atoms with Gasteiger partial charge in [0.05, 0.1) is 5.56 Å². The van der Waals surface area contributed by atoms with Crippen LogP contribution in [0.4, 0.5) is 0 Å². The highest BCUT2D eigenvalue weighted by atomic mass is 31.1. The summed E-state index contributed by atoms with van der Waals surface area (Å²) in [4.78, 5) is 26.9. The third kappa shape index (κ3) is 4.01. The van der Waals surface area contributed by atoms with Gasteiger partial charge in [0, 0.05) is 16.7 Å². The van der Waals surface area contributed by atoms with Crippen molar-refractivity contribution in [3.8, 4) is 5.75 Å². The fourth-order valence-electron chi connectivity index (χ4n) is 4.02. The van der Waals surface area contributed by atoms with Crippen LogP contribution in [0.2, 0.25) is 0 Å². The number of hydrogen-bond acceptors (Lipinski definition) is 4. The molecule has 30 heavy (non-hydrogen) atoms. The second kappa shape index (κ2) is 9.23. The molecule has 5 heteroatoms. The predicted molar refractivity (Wildman–Crippen MR) is 121 cm³/mol. The molecule has 0 saturated heterocycles. The quantitative estimate of drug-likeness (QED) is 0.364. The number of aryl methyl sites for hydroxylation is 3. The lowest BCUT2D eigenvalue weighted by molar-refractivity contribution is 0.103. The zero-order valence-corrected chi connectivity index (χ0v) is 18.8. The van der Waals surface area contributed by atoms with E-state index < -0.39 is 8.69 Å². The first-order chi connectivity index (χ1) is 14.4. The number of ketones is 2. The number of carbonyl (C=O) groups excluding carboxylic acids is 2. The molecule has 0 amide bonds. The molecule has 0 aliphatic rings. The van der Waals surface area contributed by atoms with Crippen molar-refractivity contribution in [3.63, 3.8) is 0 Å². The van der Waals surface area contributed by atoms with Gasteiger partial charge in [-0.25, -0.2) is 0 Å². The molecule has 0 radical (unpaired) electrons. The van der Waals surface area contributed by atoms with Gasteiger partial charge in [-0.15, -0.1) is 0 Å².